The van der Waals surface area contributed by atoms with Crippen LogP contribution in [0.5, 0.6) is 17.2 Å². The van der Waals surface area contributed by atoms with Gasteiger partial charge in [-0.15, -0.1) is 11.8 Å². The predicted molar refractivity (Wildman–Crippen MR) is 162 cm³/mol. The van der Waals surface area contributed by atoms with Crippen molar-refractivity contribution in [1.82, 2.24) is 4.98 Å². The van der Waals surface area contributed by atoms with Gasteiger partial charge in [-0.25, -0.2) is 9.78 Å². The van der Waals surface area contributed by atoms with E-state index in [4.69, 9.17) is 30.8 Å². The molecule has 1 heterocycles. The van der Waals surface area contributed by atoms with E-state index >= 15 is 0 Å². The number of hydrogen-bond donors (Lipinski definition) is 2. The smallest absolute Gasteiger partial charge is 0.335 e. The van der Waals surface area contributed by atoms with Crippen LogP contribution in [0, 0.1) is 11.3 Å². The molecular weight excluding hydrogens is 578 g/mol. The Labute approximate surface area is 252 Å². The fourth-order valence-corrected chi connectivity index (χ4v) is 5.27. The highest BCUT2D eigenvalue weighted by Crippen LogP contribution is 2.43. The number of anilines is 1. The second kappa shape index (κ2) is 13.8. The normalized spacial score (nSPS) is 10.5. The Morgan fingerprint density at radius 3 is 2.26 bits per heavy atom. The molecule has 42 heavy (non-hydrogen) atoms. The third-order valence-electron chi connectivity index (χ3n) is 6.20. The van der Waals surface area contributed by atoms with Crippen molar-refractivity contribution in [3.05, 3.63) is 82.9 Å². The zero-order valence-corrected chi connectivity index (χ0v) is 24.5. The van der Waals surface area contributed by atoms with E-state index in [1.165, 1.54) is 51.3 Å². The molecule has 0 bridgehead atoms. The average molecular weight is 604 g/mol. The standard InChI is InChI=1S/C31H26ClN3O6S/c1-39-26-14-20(15-27(40-2)29(26)41-3)21-16-24(18-7-5-4-6-8-18)35-30(22(21)17-33)42-12-11-28(36)34-25-13-19(31(37)38)9-10-23(25)32/h4-10,13-16H,11-12H2,1-3H3,(H,34,36)(H,37,38). The second-order valence-electron chi connectivity index (χ2n) is 8.77. The van der Waals surface area contributed by atoms with E-state index in [9.17, 15) is 20.0 Å². The van der Waals surface area contributed by atoms with Gasteiger partial charge in [0.25, 0.3) is 0 Å². The zero-order chi connectivity index (χ0) is 30.2. The lowest BCUT2D eigenvalue weighted by Gasteiger charge is -2.16. The van der Waals surface area contributed by atoms with E-state index in [1.54, 1.807) is 12.1 Å². The van der Waals surface area contributed by atoms with Gasteiger partial charge in [0, 0.05) is 23.3 Å². The van der Waals surface area contributed by atoms with E-state index in [-0.39, 0.29) is 34.4 Å². The number of benzene rings is 3. The number of thioether (sulfide) groups is 1. The summed E-state index contributed by atoms with van der Waals surface area (Å²) in [6.07, 6.45) is 0.0555. The lowest BCUT2D eigenvalue weighted by molar-refractivity contribution is -0.115. The number of rotatable bonds is 11. The molecule has 4 aromatic rings. The van der Waals surface area contributed by atoms with Gasteiger partial charge in [0.2, 0.25) is 11.7 Å². The molecule has 0 radical (unpaired) electrons. The summed E-state index contributed by atoms with van der Waals surface area (Å²) in [5, 5.41) is 22.8. The molecule has 0 aliphatic carbocycles. The number of methoxy groups -OCH3 is 3. The maximum absolute atomic E-state index is 12.7. The Kier molecular flexibility index (Phi) is 9.91. The molecule has 0 aliphatic rings. The first-order chi connectivity index (χ1) is 20.3. The lowest BCUT2D eigenvalue weighted by atomic mass is 9.98. The summed E-state index contributed by atoms with van der Waals surface area (Å²) in [5.74, 6) is 0.0878. The molecule has 4 rings (SSSR count). The van der Waals surface area contributed by atoms with Crippen molar-refractivity contribution >= 4 is 40.9 Å². The maximum Gasteiger partial charge on any atom is 0.335 e. The van der Waals surface area contributed by atoms with Crippen LogP contribution in [0.15, 0.2) is 71.8 Å². The van der Waals surface area contributed by atoms with Crippen molar-refractivity contribution in [2.45, 2.75) is 11.4 Å². The molecule has 0 saturated carbocycles. The largest absolute Gasteiger partial charge is 0.493 e. The number of pyridine rings is 1. The van der Waals surface area contributed by atoms with Gasteiger partial charge in [0.15, 0.2) is 11.5 Å². The van der Waals surface area contributed by atoms with Crippen LogP contribution >= 0.6 is 23.4 Å². The van der Waals surface area contributed by atoms with Crippen molar-refractivity contribution in [3.63, 3.8) is 0 Å². The van der Waals surface area contributed by atoms with Crippen LogP contribution in [0.3, 0.4) is 0 Å². The molecule has 0 unspecified atom stereocenters. The number of nitrogens with zero attached hydrogens (tertiary/aromatic N) is 2. The van der Waals surface area contributed by atoms with Crippen molar-refractivity contribution in [2.75, 3.05) is 32.4 Å². The number of carboxylic acids is 1. The fraction of sp³-hybridized carbons (Fsp3) is 0.161. The number of carboxylic acid groups (broad SMARTS) is 1. The molecule has 0 saturated heterocycles. The highest BCUT2D eigenvalue weighted by atomic mass is 35.5. The molecular formula is C31H26ClN3O6S. The fourth-order valence-electron chi connectivity index (χ4n) is 4.16. The van der Waals surface area contributed by atoms with Crippen LogP contribution < -0.4 is 19.5 Å². The van der Waals surface area contributed by atoms with Crippen molar-refractivity contribution in [3.8, 4) is 45.7 Å². The van der Waals surface area contributed by atoms with Crippen molar-refractivity contribution in [1.29, 1.82) is 5.26 Å². The molecule has 0 aliphatic heterocycles. The molecule has 9 nitrogen and oxygen atoms in total. The minimum atomic E-state index is -1.13. The first-order valence-corrected chi connectivity index (χ1v) is 13.9. The van der Waals surface area contributed by atoms with E-state index in [1.807, 2.05) is 36.4 Å². The van der Waals surface area contributed by atoms with Crippen LogP contribution in [-0.4, -0.2) is 49.0 Å². The van der Waals surface area contributed by atoms with Gasteiger partial charge in [-0.2, -0.15) is 5.26 Å². The maximum atomic E-state index is 12.7. The molecule has 3 aromatic carbocycles. The second-order valence-corrected chi connectivity index (χ2v) is 10.3. The molecule has 1 aromatic heterocycles. The van der Waals surface area contributed by atoms with Crippen LogP contribution in [0.4, 0.5) is 5.69 Å². The number of ether oxygens (including phenoxy) is 3. The molecule has 0 spiro atoms. The number of nitrogens with one attached hydrogen (secondary N) is 1. The number of aromatic nitrogens is 1. The number of carbonyl (C=O) groups excluding carboxylic acids is 1. The van der Waals surface area contributed by atoms with E-state index < -0.39 is 5.97 Å². The number of hydrogen-bond acceptors (Lipinski definition) is 8. The highest BCUT2D eigenvalue weighted by Gasteiger charge is 2.20. The third kappa shape index (κ3) is 6.77. The van der Waals surface area contributed by atoms with Gasteiger partial charge in [0.05, 0.1) is 48.9 Å². The van der Waals surface area contributed by atoms with Gasteiger partial charge in [0.1, 0.15) is 11.1 Å². The Bertz CT molecular complexity index is 1650. The lowest BCUT2D eigenvalue weighted by Crippen LogP contribution is -2.13. The van der Waals surface area contributed by atoms with Gasteiger partial charge in [-0.05, 0) is 42.0 Å². The monoisotopic (exact) mass is 603 g/mol. The van der Waals surface area contributed by atoms with Crippen molar-refractivity contribution < 1.29 is 28.9 Å². The van der Waals surface area contributed by atoms with Gasteiger partial charge < -0.3 is 24.6 Å². The number of nitriles is 1. The number of carbonyl (C=O) groups is 2. The zero-order valence-electron chi connectivity index (χ0n) is 22.9. The average Bonchev–Trinajstić information content (AvgIpc) is 3.01. The van der Waals surface area contributed by atoms with Crippen molar-refractivity contribution in [2.24, 2.45) is 0 Å². The predicted octanol–water partition coefficient (Wildman–Crippen LogP) is 6.79. The minimum Gasteiger partial charge on any atom is -0.493 e. The van der Waals surface area contributed by atoms with E-state index in [0.29, 0.717) is 44.7 Å². The van der Waals surface area contributed by atoms with Crippen LogP contribution in [0.25, 0.3) is 22.4 Å². The topological polar surface area (TPSA) is 131 Å². The Balaban J connectivity index is 1.68. The SMILES string of the molecule is COc1cc(-c2cc(-c3ccccc3)nc(SCCC(=O)Nc3cc(C(=O)O)ccc3Cl)c2C#N)cc(OC)c1OC. The summed E-state index contributed by atoms with van der Waals surface area (Å²) in [5.41, 5.74) is 3.29. The van der Waals surface area contributed by atoms with E-state index in [0.717, 1.165) is 5.56 Å². The molecule has 2 N–H and O–H groups in total. The van der Waals surface area contributed by atoms with Gasteiger partial charge in [-0.3, -0.25) is 4.79 Å². The molecule has 214 valence electrons. The molecule has 11 heteroatoms. The van der Waals surface area contributed by atoms with Crippen LogP contribution in [-0.2, 0) is 4.79 Å². The quantitative estimate of drug-likeness (QED) is 0.178. The Morgan fingerprint density at radius 2 is 1.67 bits per heavy atom. The highest BCUT2D eigenvalue weighted by molar-refractivity contribution is 7.99. The first kappa shape index (κ1) is 30.2. The van der Waals surface area contributed by atoms with Crippen LogP contribution in [0.1, 0.15) is 22.3 Å². The Morgan fingerprint density at radius 1 is 0.976 bits per heavy atom. The molecule has 0 fully saturated rings. The Hall–Kier alpha value is -4.72. The number of aromatic carboxylic acids is 1. The third-order valence-corrected chi connectivity index (χ3v) is 7.51. The van der Waals surface area contributed by atoms with Crippen LogP contribution in [0.2, 0.25) is 5.02 Å². The summed E-state index contributed by atoms with van der Waals surface area (Å²) < 4.78 is 16.5. The summed E-state index contributed by atoms with van der Waals surface area (Å²) in [6, 6.07) is 21.3. The van der Waals surface area contributed by atoms with Gasteiger partial charge >= 0.3 is 5.97 Å². The van der Waals surface area contributed by atoms with E-state index in [2.05, 4.69) is 11.4 Å². The summed E-state index contributed by atoms with van der Waals surface area (Å²) in [4.78, 5) is 28.8. The number of amides is 1. The molecule has 0 atom stereocenters. The number of halogens is 1. The summed E-state index contributed by atoms with van der Waals surface area (Å²) >= 11 is 7.40. The minimum absolute atomic E-state index is 0.00369. The summed E-state index contributed by atoms with van der Waals surface area (Å²) in [7, 11) is 4.56. The summed E-state index contributed by atoms with van der Waals surface area (Å²) in [6.45, 7) is 0. The molecule has 1 amide bonds. The van der Waals surface area contributed by atoms with Gasteiger partial charge in [-0.1, -0.05) is 41.9 Å². The first-order valence-electron chi connectivity index (χ1n) is 12.6.